The molecule has 34 heavy (non-hydrogen) atoms. The molecule has 1 aromatic heterocycles. The fraction of sp³-hybridized carbons (Fsp3) is 0.333. The molecule has 0 saturated heterocycles. The first-order chi connectivity index (χ1) is 16.4. The fourth-order valence-electron chi connectivity index (χ4n) is 3.77. The third-order valence-corrected chi connectivity index (χ3v) is 6.48. The molecule has 3 rings (SSSR count). The average Bonchev–Trinajstić information content (AvgIpc) is 3.41. The summed E-state index contributed by atoms with van der Waals surface area (Å²) in [5.74, 6) is -1.44. The highest BCUT2D eigenvalue weighted by atomic mass is 32.1. The summed E-state index contributed by atoms with van der Waals surface area (Å²) in [5, 5.41) is 12.5. The number of rotatable bonds is 8. The van der Waals surface area contributed by atoms with Crippen LogP contribution in [0.15, 0.2) is 23.8 Å². The molecule has 1 aromatic carbocycles. The summed E-state index contributed by atoms with van der Waals surface area (Å²) in [5.41, 5.74) is 1.00. The highest BCUT2D eigenvalue weighted by Crippen LogP contribution is 2.46. The number of hydrogen-bond acceptors (Lipinski definition) is 9. The molecular weight excluding hydrogens is 460 g/mol. The minimum absolute atomic E-state index is 0.115. The van der Waals surface area contributed by atoms with E-state index in [1.54, 1.807) is 18.2 Å². The maximum Gasteiger partial charge on any atom is 0.341 e. The van der Waals surface area contributed by atoms with Crippen LogP contribution in [0.5, 0.6) is 11.5 Å². The molecule has 1 N–H and O–H groups in total. The number of anilines is 1. The molecule has 0 radical (unpaired) electrons. The maximum atomic E-state index is 12.9. The second kappa shape index (κ2) is 10.9. The van der Waals surface area contributed by atoms with Crippen molar-refractivity contribution in [3.63, 3.8) is 0 Å². The summed E-state index contributed by atoms with van der Waals surface area (Å²) in [6.45, 7) is 2.31. The lowest BCUT2D eigenvalue weighted by atomic mass is 9.99. The molecule has 1 unspecified atom stereocenters. The first kappa shape index (κ1) is 24.8. The third kappa shape index (κ3) is 4.89. The van der Waals surface area contributed by atoms with Gasteiger partial charge in [-0.25, -0.2) is 4.79 Å². The number of fused-ring (bicyclic) bond motifs is 1. The Bertz CT molecular complexity index is 1190. The van der Waals surface area contributed by atoms with Gasteiger partial charge in [0.05, 0.1) is 39.4 Å². The lowest BCUT2D eigenvalue weighted by Gasteiger charge is -2.12. The van der Waals surface area contributed by atoms with E-state index in [-0.39, 0.29) is 16.1 Å². The predicted molar refractivity (Wildman–Crippen MR) is 125 cm³/mol. The van der Waals surface area contributed by atoms with Crippen LogP contribution in [0, 0.1) is 11.3 Å². The molecule has 178 valence electrons. The molecular formula is C24H24N2O7S. The molecule has 0 fully saturated rings. The Hall–Kier alpha value is -3.84. The largest absolute Gasteiger partial charge is 0.493 e. The number of ether oxygens (including phenoxy) is 4. The van der Waals surface area contributed by atoms with Crippen LogP contribution in [0.1, 0.15) is 45.6 Å². The van der Waals surface area contributed by atoms with Gasteiger partial charge in [-0.15, -0.1) is 11.3 Å². The second-order valence-corrected chi connectivity index (χ2v) is 8.32. The van der Waals surface area contributed by atoms with Crippen molar-refractivity contribution in [3.05, 3.63) is 45.3 Å². The van der Waals surface area contributed by atoms with Gasteiger partial charge in [0, 0.05) is 4.88 Å². The standard InChI is InChI=1S/C24H24N2O7S/c1-5-33-16-8-6-13(11-17(16)30-2)10-14(12-25)21(27)26-22-20(24(29)32-4)19-15(23(28)31-3)7-9-18(19)34-22/h6,8,10-11,15H,5,7,9H2,1-4H3,(H,26,27)/b14-10-. The Kier molecular flexibility index (Phi) is 7.91. The lowest BCUT2D eigenvalue weighted by molar-refractivity contribution is -0.142. The van der Waals surface area contributed by atoms with Gasteiger partial charge in [0.15, 0.2) is 11.5 Å². The predicted octanol–water partition coefficient (Wildman–Crippen LogP) is 3.69. The number of carbonyl (C=O) groups is 3. The molecule has 0 aliphatic heterocycles. The van der Waals surface area contributed by atoms with Crippen LogP contribution >= 0.6 is 11.3 Å². The van der Waals surface area contributed by atoms with Crippen LogP contribution in [0.25, 0.3) is 6.08 Å². The Morgan fingerprint density at radius 1 is 1.21 bits per heavy atom. The zero-order valence-corrected chi connectivity index (χ0v) is 20.0. The molecule has 1 amide bonds. The Balaban J connectivity index is 1.94. The van der Waals surface area contributed by atoms with Crippen LogP contribution in [0.2, 0.25) is 0 Å². The summed E-state index contributed by atoms with van der Waals surface area (Å²) in [6, 6.07) is 6.92. The van der Waals surface area contributed by atoms with Crippen molar-refractivity contribution in [2.24, 2.45) is 0 Å². The number of nitriles is 1. The van der Waals surface area contributed by atoms with E-state index < -0.39 is 23.8 Å². The number of nitrogens with zero attached hydrogens (tertiary/aromatic N) is 1. The van der Waals surface area contributed by atoms with E-state index in [1.165, 1.54) is 38.7 Å². The normalized spacial score (nSPS) is 14.6. The molecule has 1 aliphatic carbocycles. The third-order valence-electron chi connectivity index (χ3n) is 5.30. The number of esters is 2. The van der Waals surface area contributed by atoms with Crippen LogP contribution in [-0.2, 0) is 25.5 Å². The number of benzene rings is 1. The van der Waals surface area contributed by atoms with Crippen molar-refractivity contribution >= 4 is 40.3 Å². The van der Waals surface area contributed by atoms with Crippen LogP contribution in [0.4, 0.5) is 5.00 Å². The van der Waals surface area contributed by atoms with E-state index in [0.29, 0.717) is 42.1 Å². The van der Waals surface area contributed by atoms with Gasteiger partial charge < -0.3 is 24.3 Å². The topological polar surface area (TPSA) is 124 Å². The Labute approximate surface area is 200 Å². The molecule has 2 aromatic rings. The summed E-state index contributed by atoms with van der Waals surface area (Å²) in [6.07, 6.45) is 2.48. The SMILES string of the molecule is CCOc1ccc(/C=C(/C#N)C(=O)Nc2sc3c(c2C(=O)OC)C(C(=O)OC)CC3)cc1OC. The first-order valence-electron chi connectivity index (χ1n) is 10.4. The molecule has 1 aliphatic rings. The van der Waals surface area contributed by atoms with Gasteiger partial charge in [-0.1, -0.05) is 6.07 Å². The van der Waals surface area contributed by atoms with E-state index in [9.17, 15) is 19.6 Å². The molecule has 10 heteroatoms. The van der Waals surface area contributed by atoms with E-state index >= 15 is 0 Å². The van der Waals surface area contributed by atoms with Crippen molar-refractivity contribution < 1.29 is 33.3 Å². The monoisotopic (exact) mass is 484 g/mol. The summed E-state index contributed by atoms with van der Waals surface area (Å²) < 4.78 is 20.6. The summed E-state index contributed by atoms with van der Waals surface area (Å²) >= 11 is 1.19. The molecule has 0 spiro atoms. The number of carbonyl (C=O) groups excluding carboxylic acids is 3. The Morgan fingerprint density at radius 3 is 2.59 bits per heavy atom. The number of nitrogens with one attached hydrogen (secondary N) is 1. The van der Waals surface area contributed by atoms with Crippen molar-refractivity contribution in [1.82, 2.24) is 0 Å². The molecule has 0 bridgehead atoms. The van der Waals surface area contributed by atoms with Gasteiger partial charge in [-0.05, 0) is 49.1 Å². The van der Waals surface area contributed by atoms with E-state index in [4.69, 9.17) is 18.9 Å². The van der Waals surface area contributed by atoms with Gasteiger partial charge in [0.25, 0.3) is 5.91 Å². The molecule has 0 saturated carbocycles. The van der Waals surface area contributed by atoms with Crippen molar-refractivity contribution in [2.75, 3.05) is 33.3 Å². The fourth-order valence-corrected chi connectivity index (χ4v) is 5.03. The van der Waals surface area contributed by atoms with Gasteiger partial charge in [-0.3, -0.25) is 9.59 Å². The minimum atomic E-state index is -0.699. The van der Waals surface area contributed by atoms with Crippen LogP contribution in [-0.4, -0.2) is 45.8 Å². The summed E-state index contributed by atoms with van der Waals surface area (Å²) in [7, 11) is 4.00. The first-order valence-corrected chi connectivity index (χ1v) is 11.3. The lowest BCUT2D eigenvalue weighted by Crippen LogP contribution is -2.18. The smallest absolute Gasteiger partial charge is 0.341 e. The van der Waals surface area contributed by atoms with Gasteiger partial charge in [0.2, 0.25) is 0 Å². The molecule has 9 nitrogen and oxygen atoms in total. The van der Waals surface area contributed by atoms with Crippen molar-refractivity contribution in [2.45, 2.75) is 25.7 Å². The zero-order valence-electron chi connectivity index (χ0n) is 19.2. The van der Waals surface area contributed by atoms with Gasteiger partial charge in [0.1, 0.15) is 16.6 Å². The van der Waals surface area contributed by atoms with Crippen molar-refractivity contribution in [1.29, 1.82) is 5.26 Å². The zero-order chi connectivity index (χ0) is 24.8. The summed E-state index contributed by atoms with van der Waals surface area (Å²) in [4.78, 5) is 38.5. The van der Waals surface area contributed by atoms with E-state index in [1.807, 2.05) is 13.0 Å². The van der Waals surface area contributed by atoms with Gasteiger partial charge in [-0.2, -0.15) is 5.26 Å². The number of aryl methyl sites for hydroxylation is 1. The Morgan fingerprint density at radius 2 is 1.97 bits per heavy atom. The quantitative estimate of drug-likeness (QED) is 0.342. The molecule has 1 atom stereocenters. The number of amides is 1. The number of hydrogen-bond donors (Lipinski definition) is 1. The molecule has 1 heterocycles. The number of thiophene rings is 1. The highest BCUT2D eigenvalue weighted by Gasteiger charge is 2.38. The van der Waals surface area contributed by atoms with E-state index in [2.05, 4.69) is 5.32 Å². The van der Waals surface area contributed by atoms with Crippen molar-refractivity contribution in [3.8, 4) is 17.6 Å². The number of methoxy groups -OCH3 is 3. The highest BCUT2D eigenvalue weighted by molar-refractivity contribution is 7.17. The second-order valence-electron chi connectivity index (χ2n) is 7.22. The minimum Gasteiger partial charge on any atom is -0.493 e. The average molecular weight is 485 g/mol. The van der Waals surface area contributed by atoms with Crippen LogP contribution in [0.3, 0.4) is 0 Å². The van der Waals surface area contributed by atoms with Crippen LogP contribution < -0.4 is 14.8 Å². The maximum absolute atomic E-state index is 12.9. The van der Waals surface area contributed by atoms with Gasteiger partial charge >= 0.3 is 11.9 Å². The van der Waals surface area contributed by atoms with E-state index in [0.717, 1.165) is 4.88 Å².